The summed E-state index contributed by atoms with van der Waals surface area (Å²) in [6, 6.07) is 12.3. The number of rotatable bonds is 8. The second-order valence-electron chi connectivity index (χ2n) is 6.32. The van der Waals surface area contributed by atoms with Gasteiger partial charge in [-0.25, -0.2) is 8.42 Å². The molecule has 0 saturated carbocycles. The summed E-state index contributed by atoms with van der Waals surface area (Å²) in [4.78, 5) is 12.5. The van der Waals surface area contributed by atoms with Crippen molar-refractivity contribution in [1.82, 2.24) is 10.0 Å². The third kappa shape index (κ3) is 5.95. The summed E-state index contributed by atoms with van der Waals surface area (Å²) in [6.07, 6.45) is 0.225. The van der Waals surface area contributed by atoms with Crippen LogP contribution in [0.5, 0.6) is 5.75 Å². The van der Waals surface area contributed by atoms with Crippen LogP contribution in [0.2, 0.25) is 5.02 Å². The van der Waals surface area contributed by atoms with Gasteiger partial charge in [-0.3, -0.25) is 4.79 Å². The van der Waals surface area contributed by atoms with Crippen molar-refractivity contribution < 1.29 is 17.9 Å². The van der Waals surface area contributed by atoms with Crippen LogP contribution in [-0.2, 0) is 21.2 Å². The smallest absolute Gasteiger partial charge is 0.241 e. The van der Waals surface area contributed by atoms with E-state index in [0.717, 1.165) is 5.56 Å². The average Bonchev–Trinajstić information content (AvgIpc) is 2.61. The van der Waals surface area contributed by atoms with Gasteiger partial charge >= 0.3 is 0 Å². The van der Waals surface area contributed by atoms with Crippen LogP contribution in [0, 0.1) is 0 Å². The number of hydrogen-bond acceptors (Lipinski definition) is 4. The van der Waals surface area contributed by atoms with Crippen molar-refractivity contribution in [2.75, 3.05) is 7.11 Å². The van der Waals surface area contributed by atoms with E-state index < -0.39 is 22.0 Å². The number of amides is 1. The summed E-state index contributed by atoms with van der Waals surface area (Å²) in [7, 11) is -2.51. The Kier molecular flexibility index (Phi) is 7.24. The predicted molar refractivity (Wildman–Crippen MR) is 106 cm³/mol. The Hall–Kier alpha value is -2.09. The zero-order valence-corrected chi connectivity index (χ0v) is 17.0. The first kappa shape index (κ1) is 21.2. The highest BCUT2D eigenvalue weighted by Crippen LogP contribution is 2.27. The van der Waals surface area contributed by atoms with Crippen molar-refractivity contribution in [3.05, 3.63) is 59.1 Å². The highest BCUT2D eigenvalue weighted by atomic mass is 35.5. The number of hydrogen-bond donors (Lipinski definition) is 2. The van der Waals surface area contributed by atoms with Gasteiger partial charge in [-0.05, 0) is 44.0 Å². The highest BCUT2D eigenvalue weighted by molar-refractivity contribution is 7.89. The van der Waals surface area contributed by atoms with Gasteiger partial charge < -0.3 is 10.1 Å². The number of methoxy groups -OCH3 is 1. The Morgan fingerprint density at radius 3 is 2.37 bits per heavy atom. The lowest BCUT2D eigenvalue weighted by Crippen LogP contribution is -2.49. The van der Waals surface area contributed by atoms with Crippen LogP contribution in [0.25, 0.3) is 0 Å². The number of halogens is 1. The van der Waals surface area contributed by atoms with Crippen LogP contribution >= 0.6 is 11.6 Å². The van der Waals surface area contributed by atoms with Gasteiger partial charge in [0.15, 0.2) is 0 Å². The van der Waals surface area contributed by atoms with Crippen molar-refractivity contribution in [2.45, 2.75) is 37.2 Å². The molecule has 0 bridgehead atoms. The molecule has 6 nitrogen and oxygen atoms in total. The molecule has 0 saturated heterocycles. The summed E-state index contributed by atoms with van der Waals surface area (Å²) in [5, 5.41) is 2.93. The van der Waals surface area contributed by atoms with Crippen LogP contribution in [0.15, 0.2) is 53.4 Å². The first-order valence-corrected chi connectivity index (χ1v) is 10.3. The molecule has 0 aromatic heterocycles. The fourth-order valence-electron chi connectivity index (χ4n) is 2.49. The fraction of sp³-hybridized carbons (Fsp3) is 0.316. The Morgan fingerprint density at radius 1 is 1.15 bits per heavy atom. The monoisotopic (exact) mass is 410 g/mol. The molecule has 1 atom stereocenters. The zero-order valence-electron chi connectivity index (χ0n) is 15.4. The number of carbonyl (C=O) groups is 1. The number of nitrogens with one attached hydrogen (secondary N) is 2. The minimum Gasteiger partial charge on any atom is -0.495 e. The fourth-order valence-corrected chi connectivity index (χ4v) is 4.04. The molecule has 2 aromatic carbocycles. The van der Waals surface area contributed by atoms with Gasteiger partial charge in [0.05, 0.1) is 17.0 Å². The SMILES string of the molecule is COc1ccc(S(=O)(=O)NC(Cc2ccccc2)C(=O)NC(C)C)cc1Cl. The Morgan fingerprint density at radius 2 is 1.81 bits per heavy atom. The van der Waals surface area contributed by atoms with Crippen LogP contribution in [-0.4, -0.2) is 33.5 Å². The number of benzene rings is 2. The van der Waals surface area contributed by atoms with Gasteiger partial charge in [-0.15, -0.1) is 0 Å². The highest BCUT2D eigenvalue weighted by Gasteiger charge is 2.27. The van der Waals surface area contributed by atoms with Gasteiger partial charge in [0.2, 0.25) is 15.9 Å². The summed E-state index contributed by atoms with van der Waals surface area (Å²) in [5.74, 6) is -0.0222. The van der Waals surface area contributed by atoms with Gasteiger partial charge in [0.25, 0.3) is 0 Å². The van der Waals surface area contributed by atoms with Gasteiger partial charge in [-0.1, -0.05) is 41.9 Å². The molecule has 2 N–H and O–H groups in total. The molecule has 0 aliphatic carbocycles. The lowest BCUT2D eigenvalue weighted by Gasteiger charge is -2.20. The van der Waals surface area contributed by atoms with E-state index in [1.54, 1.807) is 0 Å². The van der Waals surface area contributed by atoms with E-state index in [9.17, 15) is 13.2 Å². The van der Waals surface area contributed by atoms with E-state index in [2.05, 4.69) is 10.0 Å². The van der Waals surface area contributed by atoms with Crippen LogP contribution in [0.1, 0.15) is 19.4 Å². The maximum Gasteiger partial charge on any atom is 0.241 e. The van der Waals surface area contributed by atoms with E-state index in [1.807, 2.05) is 44.2 Å². The molecule has 0 fully saturated rings. The quantitative estimate of drug-likeness (QED) is 0.700. The van der Waals surface area contributed by atoms with E-state index >= 15 is 0 Å². The summed E-state index contributed by atoms with van der Waals surface area (Å²) in [5.41, 5.74) is 0.844. The van der Waals surface area contributed by atoms with Gasteiger partial charge in [0, 0.05) is 6.04 Å². The molecule has 0 heterocycles. The summed E-state index contributed by atoms with van der Waals surface area (Å²) < 4.78 is 33.1. The molecular weight excluding hydrogens is 388 g/mol. The standard InChI is InChI=1S/C19H23ClN2O4S/c1-13(2)21-19(23)17(11-14-7-5-4-6-8-14)22-27(24,25)15-9-10-18(26-3)16(20)12-15/h4-10,12-13,17,22H,11H2,1-3H3,(H,21,23). The molecule has 146 valence electrons. The third-order valence-electron chi connectivity index (χ3n) is 3.76. The summed E-state index contributed by atoms with van der Waals surface area (Å²) in [6.45, 7) is 3.63. The average molecular weight is 411 g/mol. The lowest BCUT2D eigenvalue weighted by molar-refractivity contribution is -0.123. The first-order chi connectivity index (χ1) is 12.7. The summed E-state index contributed by atoms with van der Waals surface area (Å²) >= 11 is 6.04. The second kappa shape index (κ2) is 9.21. The lowest BCUT2D eigenvalue weighted by atomic mass is 10.1. The van der Waals surface area contributed by atoms with Crippen molar-refractivity contribution in [3.8, 4) is 5.75 Å². The van der Waals surface area contributed by atoms with Crippen molar-refractivity contribution >= 4 is 27.5 Å². The molecule has 8 heteroatoms. The second-order valence-corrected chi connectivity index (χ2v) is 8.44. The van der Waals surface area contributed by atoms with Gasteiger partial charge in [-0.2, -0.15) is 4.72 Å². The number of carbonyl (C=O) groups excluding carboxylic acids is 1. The largest absolute Gasteiger partial charge is 0.495 e. The minimum absolute atomic E-state index is 0.0382. The van der Waals surface area contributed by atoms with Crippen LogP contribution in [0.3, 0.4) is 0 Å². The Balaban J connectivity index is 2.29. The van der Waals surface area contributed by atoms with E-state index in [0.29, 0.717) is 5.75 Å². The van der Waals surface area contributed by atoms with Crippen molar-refractivity contribution in [2.24, 2.45) is 0 Å². The van der Waals surface area contributed by atoms with Crippen LogP contribution in [0.4, 0.5) is 0 Å². The normalized spacial score (nSPS) is 12.6. The molecule has 1 unspecified atom stereocenters. The molecule has 0 aliphatic rings. The molecule has 0 radical (unpaired) electrons. The van der Waals surface area contributed by atoms with E-state index in [-0.39, 0.29) is 22.4 Å². The minimum atomic E-state index is -3.96. The molecular formula is C19H23ClN2O4S. The topological polar surface area (TPSA) is 84.5 Å². The molecule has 0 spiro atoms. The number of sulfonamides is 1. The van der Waals surface area contributed by atoms with E-state index in [4.69, 9.17) is 16.3 Å². The maximum absolute atomic E-state index is 12.8. The third-order valence-corrected chi connectivity index (χ3v) is 5.53. The molecule has 0 aliphatic heterocycles. The Labute approximate surface area is 164 Å². The molecule has 2 rings (SSSR count). The Bertz CT molecular complexity index is 886. The predicted octanol–water partition coefficient (Wildman–Crippen LogP) is 2.76. The molecule has 2 aromatic rings. The maximum atomic E-state index is 12.8. The van der Waals surface area contributed by atoms with Crippen molar-refractivity contribution in [3.63, 3.8) is 0 Å². The zero-order chi connectivity index (χ0) is 20.0. The number of ether oxygens (including phenoxy) is 1. The van der Waals surface area contributed by atoms with Crippen molar-refractivity contribution in [1.29, 1.82) is 0 Å². The first-order valence-electron chi connectivity index (χ1n) is 8.43. The van der Waals surface area contributed by atoms with Gasteiger partial charge in [0.1, 0.15) is 11.8 Å². The van der Waals surface area contributed by atoms with Crippen LogP contribution < -0.4 is 14.8 Å². The van der Waals surface area contributed by atoms with E-state index in [1.165, 1.54) is 25.3 Å². The molecule has 27 heavy (non-hydrogen) atoms. The molecule has 1 amide bonds.